The number of carbonyl (C=O) groups excluding carboxylic acids is 3. The maximum atomic E-state index is 14.0. The number of fused-ring (bicyclic) bond motifs is 2. The lowest BCUT2D eigenvalue weighted by atomic mass is 9.85. The van der Waals surface area contributed by atoms with Crippen molar-refractivity contribution in [2.24, 2.45) is 5.73 Å². The van der Waals surface area contributed by atoms with Crippen LogP contribution >= 0.6 is 47.2 Å². The summed E-state index contributed by atoms with van der Waals surface area (Å²) in [5, 5.41) is 93.1. The molecular formula is C61H70BCl4F3IN18O8-. The highest BCUT2D eigenvalue weighted by Gasteiger charge is 2.52. The Morgan fingerprint density at radius 3 is 1.41 bits per heavy atom. The summed E-state index contributed by atoms with van der Waals surface area (Å²) in [6.45, 7) is 15.0. The van der Waals surface area contributed by atoms with Crippen molar-refractivity contribution in [3.05, 3.63) is 129 Å². The molecule has 8 rings (SSSR count). The first-order valence-corrected chi connectivity index (χ1v) is 29.4. The number of pyridine rings is 3. The second kappa shape index (κ2) is 37.3. The molecule has 1 fully saturated rings. The second-order valence-corrected chi connectivity index (χ2v) is 24.2. The number of rotatable bonds is 18. The van der Waals surface area contributed by atoms with E-state index in [2.05, 4.69) is 63.5 Å². The van der Waals surface area contributed by atoms with Crippen LogP contribution in [0, 0.1) is 56.7 Å². The zero-order chi connectivity index (χ0) is 70.5. The number of anilines is 2. The van der Waals surface area contributed by atoms with Gasteiger partial charge in [-0.25, -0.2) is 32.2 Å². The monoisotopic (exact) mass is 1520 g/mol. The molecule has 0 radical (unpaired) electrons. The topological polar surface area (TPSA) is 409 Å². The van der Waals surface area contributed by atoms with Crippen LogP contribution in [0.1, 0.15) is 111 Å². The average molecular weight is 1520 g/mol. The van der Waals surface area contributed by atoms with Gasteiger partial charge >= 0.3 is 7.12 Å². The zero-order valence-electron chi connectivity index (χ0n) is 53.5. The standard InChI is InChI=1S/C21H20FN7O2.C14H16BN3O2.C13H16ClFN4O2.C11H13Cl2FN2O2.C2H4N2.ClH.HI/c1-21(2,31)19(22)12-27-20(30)15-11-26-17(8-16(15)25-6-5-23)18-4-3-14-7-13(9-24)10-28-29(14)18;1-13(2)14(3,4)20-15(19-13)12-6-5-11-7-10(8-16)9-17-18(11)12;1-13(2,21)10(15)7-19-12(20)8-6-18-11(14)5-9(8)17-4-3-16;1-11(2,18)8(14)5-16-10(17)6-4-15-9(13)3-7(6)12;3-1-2-4;;/h3-4,7-8,10-11,19,31H,6,12H2,1-2H3,(H,25,26)(H,27,30);5-7,9H,1-4H3;5-6,10,21H,4,7H2,1-2H3,(H,17,18)(H,19,20);3-4,8,18H,5H2,1-2H3,(H,16,17);1,3H2;2*1H/p-1/t19-;;10-;8-;;;/m1.11.../s1. The minimum Gasteiger partial charge on any atom is -1.00 e. The number of aromatic nitrogens is 7. The van der Waals surface area contributed by atoms with E-state index < -0.39 is 60.2 Å². The fraction of sp³-hybridized carbons (Fsp3) is 0.393. The number of carbonyl (C=O) groups is 3. The highest BCUT2D eigenvalue weighted by molar-refractivity contribution is 6.61. The van der Waals surface area contributed by atoms with E-state index in [1.807, 2.05) is 58.0 Å². The predicted octanol–water partition coefficient (Wildman–Crippen LogP) is 4.18. The van der Waals surface area contributed by atoms with Crippen molar-refractivity contribution in [1.29, 1.82) is 26.3 Å². The number of alkyl halides is 3. The molecule has 35 heteroatoms. The lowest BCUT2D eigenvalue weighted by molar-refractivity contribution is -0.00209. The van der Waals surface area contributed by atoms with Gasteiger partial charge in [0.05, 0.1) is 157 Å². The Morgan fingerprint density at radius 1 is 0.604 bits per heavy atom. The largest absolute Gasteiger partial charge is 1.00 e. The fourth-order valence-electron chi connectivity index (χ4n) is 7.58. The Bertz CT molecular complexity index is 4010. The van der Waals surface area contributed by atoms with Crippen LogP contribution in [0.5, 0.6) is 0 Å². The summed E-state index contributed by atoms with van der Waals surface area (Å²) in [6.07, 6.45) is 1.88. The molecule has 0 aromatic carbocycles. The average Bonchev–Trinajstić information content (AvgIpc) is 1.60. The predicted molar refractivity (Wildman–Crippen MR) is 353 cm³/mol. The van der Waals surface area contributed by atoms with E-state index in [4.69, 9.17) is 70.4 Å². The maximum absolute atomic E-state index is 14.0. The van der Waals surface area contributed by atoms with Gasteiger partial charge in [-0.15, -0.1) is 12.4 Å². The summed E-state index contributed by atoms with van der Waals surface area (Å²) in [5.74, 6) is -1.74. The Kier molecular flexibility index (Phi) is 32.6. The quantitative estimate of drug-likeness (QED) is 0.0252. The number of halogens is 8. The molecule has 0 bridgehead atoms. The number of hydrogen-bond donors (Lipinski definition) is 9. The molecule has 3 amide bonds. The molecule has 3 atom stereocenters. The molecule has 1 saturated heterocycles. The molecule has 0 spiro atoms. The van der Waals surface area contributed by atoms with Crippen molar-refractivity contribution in [1.82, 2.24) is 50.1 Å². The number of aliphatic hydroxyl groups is 3. The number of nitriles is 5. The Morgan fingerprint density at radius 2 is 0.990 bits per heavy atom. The lowest BCUT2D eigenvalue weighted by Crippen LogP contribution is -3.00. The Balaban J connectivity index is 0.000000433. The third-order valence-corrected chi connectivity index (χ3v) is 14.5. The maximum Gasteiger partial charge on any atom is 0.514 e. The highest BCUT2D eigenvalue weighted by atomic mass is 127. The van der Waals surface area contributed by atoms with E-state index in [0.29, 0.717) is 39.4 Å². The summed E-state index contributed by atoms with van der Waals surface area (Å²) in [5.41, 5.74) is 4.73. The van der Waals surface area contributed by atoms with Gasteiger partial charge in [0.1, 0.15) is 54.0 Å². The van der Waals surface area contributed by atoms with Crippen LogP contribution in [-0.2, 0) is 9.31 Å². The van der Waals surface area contributed by atoms with Gasteiger partial charge in [0.15, 0.2) is 0 Å². The van der Waals surface area contributed by atoms with Crippen LogP contribution in [0.25, 0.3) is 22.4 Å². The van der Waals surface area contributed by atoms with E-state index in [-0.39, 0.29) is 119 Å². The fourth-order valence-corrected chi connectivity index (χ4v) is 8.19. The van der Waals surface area contributed by atoms with Gasteiger partial charge in [0.2, 0.25) is 0 Å². The van der Waals surface area contributed by atoms with E-state index in [1.54, 1.807) is 51.6 Å². The van der Waals surface area contributed by atoms with Crippen LogP contribution in [0.3, 0.4) is 0 Å². The third kappa shape index (κ3) is 24.2. The molecule has 0 unspecified atom stereocenters. The molecule has 1 aliphatic rings. The third-order valence-electron chi connectivity index (χ3n) is 13.8. The van der Waals surface area contributed by atoms with Gasteiger partial charge in [-0.1, -0.05) is 34.8 Å². The van der Waals surface area contributed by atoms with Crippen molar-refractivity contribution in [2.45, 2.75) is 116 Å². The van der Waals surface area contributed by atoms with Crippen LogP contribution in [0.4, 0.5) is 24.5 Å². The normalized spacial score (nSPS) is 13.5. The van der Waals surface area contributed by atoms with Crippen molar-refractivity contribution in [3.8, 4) is 41.7 Å². The van der Waals surface area contributed by atoms with Crippen molar-refractivity contribution < 1.29 is 76.2 Å². The van der Waals surface area contributed by atoms with E-state index in [9.17, 15) is 42.9 Å². The molecule has 0 aliphatic carbocycles. The summed E-state index contributed by atoms with van der Waals surface area (Å²) in [6, 6.07) is 24.8. The lowest BCUT2D eigenvalue weighted by Gasteiger charge is -2.32. The Hall–Kier alpha value is -8.21. The Labute approximate surface area is 590 Å². The first-order chi connectivity index (χ1) is 44.0. The number of hydrogen-bond acceptors (Lipinski definition) is 21. The van der Waals surface area contributed by atoms with E-state index >= 15 is 0 Å². The SMILES string of the molecule is CC(C)(O)[C@H](F)CNC(=O)c1cnc(-c2ccc3cc(C#N)cnn23)cc1NCC#N.CC(C)(O)[C@H](F)CNC(=O)c1cnc(Cl)cc1Cl.CC(C)(O)[C@H](F)CNC(=O)c1cnc(Cl)cc1NCC#N.CC1(C)OB(c2ccc3cc(C#N)cnn23)OC1(C)C.Cl.N#CCN.[I-]. The molecule has 512 valence electrons. The highest BCUT2D eigenvalue weighted by Crippen LogP contribution is 2.37. The van der Waals surface area contributed by atoms with Crippen LogP contribution < -0.4 is 61.9 Å². The number of nitrogens with two attached hydrogens (primary N) is 1. The smallest absolute Gasteiger partial charge is 0.514 e. The summed E-state index contributed by atoms with van der Waals surface area (Å²) in [4.78, 5) is 48.1. The van der Waals surface area contributed by atoms with E-state index in [0.717, 1.165) is 11.1 Å². The molecular weight excluding hydrogens is 1450 g/mol. The summed E-state index contributed by atoms with van der Waals surface area (Å²) in [7, 11) is -0.456. The van der Waals surface area contributed by atoms with Crippen molar-refractivity contribution >= 4 is 100 Å². The zero-order valence-corrected chi connectivity index (χ0v) is 58.8. The van der Waals surface area contributed by atoms with Crippen molar-refractivity contribution in [2.75, 3.05) is 49.9 Å². The van der Waals surface area contributed by atoms with E-state index in [1.165, 1.54) is 78.5 Å². The summed E-state index contributed by atoms with van der Waals surface area (Å²) < 4.78 is 56.4. The van der Waals surface area contributed by atoms with Gasteiger partial charge in [0, 0.05) is 18.6 Å². The molecule has 7 aromatic heterocycles. The number of nitrogens with zero attached hydrogens (tertiary/aromatic N) is 12. The van der Waals surface area contributed by atoms with Gasteiger partial charge in [-0.2, -0.15) is 36.5 Å². The number of amides is 3. The van der Waals surface area contributed by atoms with Gasteiger partial charge in [0.25, 0.3) is 17.7 Å². The minimum atomic E-state index is -1.66. The molecule has 1 aliphatic heterocycles. The first-order valence-electron chi connectivity index (χ1n) is 28.3. The van der Waals surface area contributed by atoms with Crippen LogP contribution in [0.15, 0.2) is 85.6 Å². The molecule has 96 heavy (non-hydrogen) atoms. The van der Waals surface area contributed by atoms with Crippen LogP contribution in [-0.4, -0.2) is 160 Å². The molecule has 0 saturated carbocycles. The van der Waals surface area contributed by atoms with Crippen LogP contribution in [0.2, 0.25) is 15.3 Å². The summed E-state index contributed by atoms with van der Waals surface area (Å²) >= 11 is 17.1. The molecule has 8 heterocycles. The van der Waals surface area contributed by atoms with Gasteiger partial charge < -0.3 is 80.9 Å². The van der Waals surface area contributed by atoms with Gasteiger partial charge in [-0.3, -0.25) is 19.4 Å². The number of nitrogens with one attached hydrogen (secondary N) is 5. The van der Waals surface area contributed by atoms with Crippen molar-refractivity contribution in [3.63, 3.8) is 0 Å². The van der Waals surface area contributed by atoms with Gasteiger partial charge in [-0.05, 0) is 124 Å². The second-order valence-electron chi connectivity index (χ2n) is 23.0. The molecule has 7 aromatic rings. The molecule has 26 nitrogen and oxygen atoms in total. The minimum absolute atomic E-state index is 0. The first kappa shape index (κ1) is 83.9. The molecule has 10 N–H and O–H groups in total.